The number of anilines is 1. The van der Waals surface area contributed by atoms with Crippen molar-refractivity contribution in [2.24, 2.45) is 0 Å². The van der Waals surface area contributed by atoms with E-state index in [-0.39, 0.29) is 0 Å². The van der Waals surface area contributed by atoms with Crippen molar-refractivity contribution in [3.05, 3.63) is 35.4 Å². The van der Waals surface area contributed by atoms with E-state index in [0.717, 1.165) is 11.3 Å². The van der Waals surface area contributed by atoms with E-state index in [1.165, 1.54) is 5.56 Å². The molecule has 2 N–H and O–H groups in total. The van der Waals surface area contributed by atoms with Crippen molar-refractivity contribution in [1.82, 2.24) is 0 Å². The van der Waals surface area contributed by atoms with Crippen LogP contribution in [0.15, 0.2) is 24.3 Å². The summed E-state index contributed by atoms with van der Waals surface area (Å²) < 4.78 is 0. The number of rotatable bonds is 1. The van der Waals surface area contributed by atoms with Gasteiger partial charge in [-0.3, -0.25) is 0 Å². The van der Waals surface area contributed by atoms with E-state index in [1.807, 2.05) is 31.2 Å². The molecular weight excluding hydrogens is 134 g/mol. The maximum Gasteiger partial charge on any atom is 0.0390 e. The van der Waals surface area contributed by atoms with Crippen molar-refractivity contribution >= 4 is 11.8 Å². The molecule has 0 fully saturated rings. The monoisotopic (exact) mass is 147 g/mol. The molecule has 0 aromatic heterocycles. The van der Waals surface area contributed by atoms with Gasteiger partial charge in [0, 0.05) is 5.69 Å². The molecule has 58 valence electrons. The molecule has 0 saturated carbocycles. The molecule has 0 bridgehead atoms. The first-order valence-electron chi connectivity index (χ1n) is 3.73. The number of benzene rings is 1. The first-order chi connectivity index (χ1) is 5.25. The highest BCUT2D eigenvalue weighted by molar-refractivity contribution is 5.67. The number of hydrogen-bond acceptors (Lipinski definition) is 1. The Morgan fingerprint density at radius 1 is 1.36 bits per heavy atom. The second-order valence-corrected chi connectivity index (χ2v) is 2.58. The summed E-state index contributed by atoms with van der Waals surface area (Å²) >= 11 is 0. The molecule has 0 atom stereocenters. The summed E-state index contributed by atoms with van der Waals surface area (Å²) in [7, 11) is 0. The zero-order valence-corrected chi connectivity index (χ0v) is 6.96. The highest BCUT2D eigenvalue weighted by Gasteiger charge is 1.95. The average molecular weight is 147 g/mol. The quantitative estimate of drug-likeness (QED) is 0.607. The van der Waals surface area contributed by atoms with Crippen LogP contribution in [0.2, 0.25) is 0 Å². The summed E-state index contributed by atoms with van der Waals surface area (Å²) in [6.07, 6.45) is 4.03. The lowest BCUT2D eigenvalue weighted by atomic mass is 10.1. The van der Waals surface area contributed by atoms with Crippen LogP contribution in [0.5, 0.6) is 0 Å². The van der Waals surface area contributed by atoms with Crippen LogP contribution in [-0.2, 0) is 0 Å². The number of nitrogen functional groups attached to an aromatic ring is 1. The summed E-state index contributed by atoms with van der Waals surface area (Å²) in [6.45, 7) is 4.05. The maximum atomic E-state index is 5.76. The van der Waals surface area contributed by atoms with E-state index in [4.69, 9.17) is 5.73 Å². The fourth-order valence-corrected chi connectivity index (χ4v) is 1.10. The molecule has 0 aliphatic rings. The Hall–Kier alpha value is -1.24. The largest absolute Gasteiger partial charge is 0.398 e. The molecule has 11 heavy (non-hydrogen) atoms. The number of aryl methyl sites for hydroxylation is 1. The van der Waals surface area contributed by atoms with Gasteiger partial charge in [-0.15, -0.1) is 0 Å². The van der Waals surface area contributed by atoms with Gasteiger partial charge in [-0.1, -0.05) is 24.3 Å². The van der Waals surface area contributed by atoms with Gasteiger partial charge in [0.1, 0.15) is 0 Å². The van der Waals surface area contributed by atoms with Crippen molar-refractivity contribution < 1.29 is 0 Å². The molecule has 1 heteroatoms. The van der Waals surface area contributed by atoms with Gasteiger partial charge in [0.2, 0.25) is 0 Å². The first-order valence-corrected chi connectivity index (χ1v) is 3.73. The van der Waals surface area contributed by atoms with E-state index in [1.54, 1.807) is 0 Å². The highest BCUT2D eigenvalue weighted by atomic mass is 14.6. The van der Waals surface area contributed by atoms with Crippen LogP contribution < -0.4 is 5.73 Å². The van der Waals surface area contributed by atoms with E-state index in [2.05, 4.69) is 13.0 Å². The average Bonchev–Trinajstić information content (AvgIpc) is 1.97. The number of allylic oxidation sites excluding steroid dienone is 1. The second kappa shape index (κ2) is 3.24. The highest BCUT2D eigenvalue weighted by Crippen LogP contribution is 2.17. The standard InChI is InChI=1S/C10H13N/c1-3-5-9-8(2)6-4-7-10(9)11/h3-7H,11H2,1-2H3/b5-3-. The van der Waals surface area contributed by atoms with Gasteiger partial charge in [-0.2, -0.15) is 0 Å². The Balaban J connectivity index is 3.20. The normalized spacial score (nSPS) is 10.7. The van der Waals surface area contributed by atoms with Gasteiger partial charge >= 0.3 is 0 Å². The topological polar surface area (TPSA) is 26.0 Å². The Kier molecular flexibility index (Phi) is 2.32. The SMILES string of the molecule is C/C=C\c1c(C)cccc1N. The summed E-state index contributed by atoms with van der Waals surface area (Å²) in [5, 5.41) is 0. The molecule has 0 amide bonds. The summed E-state index contributed by atoms with van der Waals surface area (Å²) in [5.41, 5.74) is 8.97. The van der Waals surface area contributed by atoms with Crippen LogP contribution >= 0.6 is 0 Å². The van der Waals surface area contributed by atoms with Crippen molar-refractivity contribution in [1.29, 1.82) is 0 Å². The Morgan fingerprint density at radius 2 is 2.09 bits per heavy atom. The lowest BCUT2D eigenvalue weighted by Crippen LogP contribution is -1.90. The molecule has 1 aromatic carbocycles. The molecule has 0 aliphatic heterocycles. The smallest absolute Gasteiger partial charge is 0.0390 e. The number of hydrogen-bond donors (Lipinski definition) is 1. The van der Waals surface area contributed by atoms with E-state index in [9.17, 15) is 0 Å². The predicted octanol–water partition coefficient (Wildman–Crippen LogP) is 2.61. The third kappa shape index (κ3) is 1.61. The van der Waals surface area contributed by atoms with Gasteiger partial charge < -0.3 is 5.73 Å². The van der Waals surface area contributed by atoms with Gasteiger partial charge in [0.05, 0.1) is 0 Å². The molecule has 1 aromatic rings. The molecule has 0 heterocycles. The van der Waals surface area contributed by atoms with E-state index < -0.39 is 0 Å². The predicted molar refractivity (Wildman–Crippen MR) is 50.3 cm³/mol. The van der Waals surface area contributed by atoms with Gasteiger partial charge in [0.25, 0.3) is 0 Å². The van der Waals surface area contributed by atoms with Crippen molar-refractivity contribution in [2.75, 3.05) is 5.73 Å². The van der Waals surface area contributed by atoms with Crippen LogP contribution in [-0.4, -0.2) is 0 Å². The minimum Gasteiger partial charge on any atom is -0.398 e. The molecular formula is C10H13N. The molecule has 0 radical (unpaired) electrons. The number of nitrogens with two attached hydrogens (primary N) is 1. The Labute approximate surface area is 67.5 Å². The first kappa shape index (κ1) is 7.86. The van der Waals surface area contributed by atoms with Crippen LogP contribution in [0, 0.1) is 6.92 Å². The lowest BCUT2D eigenvalue weighted by Gasteiger charge is -2.02. The Bertz CT molecular complexity index is 254. The minimum atomic E-state index is 0.850. The van der Waals surface area contributed by atoms with E-state index in [0.29, 0.717) is 0 Å². The van der Waals surface area contributed by atoms with Gasteiger partial charge in [-0.05, 0) is 31.0 Å². The third-order valence-corrected chi connectivity index (χ3v) is 1.69. The van der Waals surface area contributed by atoms with Crippen molar-refractivity contribution in [3.63, 3.8) is 0 Å². The Morgan fingerprint density at radius 3 is 2.64 bits per heavy atom. The van der Waals surface area contributed by atoms with Crippen molar-refractivity contribution in [3.8, 4) is 0 Å². The fourth-order valence-electron chi connectivity index (χ4n) is 1.10. The molecule has 1 rings (SSSR count). The summed E-state index contributed by atoms with van der Waals surface area (Å²) in [6, 6.07) is 5.95. The van der Waals surface area contributed by atoms with Gasteiger partial charge in [0.15, 0.2) is 0 Å². The van der Waals surface area contributed by atoms with E-state index >= 15 is 0 Å². The fraction of sp³-hybridized carbons (Fsp3) is 0.200. The van der Waals surface area contributed by atoms with Crippen LogP contribution in [0.3, 0.4) is 0 Å². The molecule has 1 nitrogen and oxygen atoms in total. The minimum absolute atomic E-state index is 0.850. The van der Waals surface area contributed by atoms with Gasteiger partial charge in [-0.25, -0.2) is 0 Å². The van der Waals surface area contributed by atoms with Crippen LogP contribution in [0.4, 0.5) is 5.69 Å². The zero-order chi connectivity index (χ0) is 8.27. The maximum absolute atomic E-state index is 5.76. The second-order valence-electron chi connectivity index (χ2n) is 2.58. The van der Waals surface area contributed by atoms with Crippen LogP contribution in [0.1, 0.15) is 18.1 Å². The zero-order valence-electron chi connectivity index (χ0n) is 6.96. The summed E-state index contributed by atoms with van der Waals surface area (Å²) in [4.78, 5) is 0. The lowest BCUT2D eigenvalue weighted by molar-refractivity contribution is 1.44. The summed E-state index contributed by atoms with van der Waals surface area (Å²) in [5.74, 6) is 0. The van der Waals surface area contributed by atoms with Crippen LogP contribution in [0.25, 0.3) is 6.08 Å². The molecule has 0 saturated heterocycles. The molecule has 0 unspecified atom stereocenters. The third-order valence-electron chi connectivity index (χ3n) is 1.69. The molecule has 0 spiro atoms. The molecule has 0 aliphatic carbocycles. The van der Waals surface area contributed by atoms with Crippen molar-refractivity contribution in [2.45, 2.75) is 13.8 Å².